The van der Waals surface area contributed by atoms with Gasteiger partial charge in [-0.1, -0.05) is 60.1 Å². The third-order valence-corrected chi connectivity index (χ3v) is 4.56. The van der Waals surface area contributed by atoms with E-state index in [0.717, 1.165) is 5.56 Å². The van der Waals surface area contributed by atoms with Crippen LogP contribution in [-0.4, -0.2) is 20.3 Å². The first-order valence-electron chi connectivity index (χ1n) is 8.80. The van der Waals surface area contributed by atoms with Crippen LogP contribution >= 0.6 is 11.6 Å². The van der Waals surface area contributed by atoms with Crippen molar-refractivity contribution in [2.45, 2.75) is 6.54 Å². The van der Waals surface area contributed by atoms with Gasteiger partial charge in [-0.3, -0.25) is 4.79 Å². The highest BCUT2D eigenvalue weighted by Gasteiger charge is 2.11. The molecule has 6 heteroatoms. The van der Waals surface area contributed by atoms with Crippen molar-refractivity contribution in [2.24, 2.45) is 4.99 Å². The Hall–Kier alpha value is -3.44. The lowest BCUT2D eigenvalue weighted by Gasteiger charge is -2.07. The average molecular weight is 389 g/mol. The molecule has 0 atom stereocenters. The van der Waals surface area contributed by atoms with Crippen LogP contribution in [0.1, 0.15) is 16.1 Å². The second-order valence-electron chi connectivity index (χ2n) is 6.19. The number of carbonyl (C=O) groups is 1. The largest absolute Gasteiger partial charge is 0.328 e. The highest BCUT2D eigenvalue weighted by atomic mass is 35.5. The molecule has 0 radical (unpaired) electrons. The summed E-state index contributed by atoms with van der Waals surface area (Å²) < 4.78 is 3.51. The molecule has 4 aromatic rings. The Labute approximate surface area is 167 Å². The monoisotopic (exact) mass is 388 g/mol. The smallest absolute Gasteiger partial charge is 0.299 e. The normalized spacial score (nSPS) is 11.5. The lowest BCUT2D eigenvalue weighted by atomic mass is 10.2. The summed E-state index contributed by atoms with van der Waals surface area (Å²) in [6.07, 6.45) is 3.61. The minimum Gasteiger partial charge on any atom is -0.328 e. The van der Waals surface area contributed by atoms with E-state index < -0.39 is 5.91 Å². The number of amides is 1. The fourth-order valence-corrected chi connectivity index (χ4v) is 3.08. The predicted octanol–water partition coefficient (Wildman–Crippen LogP) is 4.12. The molecule has 5 nitrogen and oxygen atoms in total. The van der Waals surface area contributed by atoms with Gasteiger partial charge in [0.05, 0.1) is 10.7 Å². The van der Waals surface area contributed by atoms with Crippen LogP contribution in [-0.2, 0) is 6.54 Å². The first kappa shape index (κ1) is 17.9. The van der Waals surface area contributed by atoms with Gasteiger partial charge in [-0.25, -0.2) is 4.68 Å². The van der Waals surface area contributed by atoms with Crippen molar-refractivity contribution in [3.8, 4) is 5.69 Å². The maximum Gasteiger partial charge on any atom is 0.299 e. The molecule has 0 fully saturated rings. The van der Waals surface area contributed by atoms with Crippen LogP contribution in [0.15, 0.2) is 96.2 Å². The van der Waals surface area contributed by atoms with Crippen molar-refractivity contribution in [1.82, 2.24) is 14.3 Å². The van der Waals surface area contributed by atoms with Crippen LogP contribution in [0.4, 0.5) is 0 Å². The zero-order chi connectivity index (χ0) is 19.3. The number of hydrogen-bond donors (Lipinski definition) is 0. The molecule has 4 rings (SSSR count). The number of nitrogens with zero attached hydrogens (tertiary/aromatic N) is 4. The van der Waals surface area contributed by atoms with E-state index in [9.17, 15) is 4.79 Å². The molecule has 0 spiro atoms. The van der Waals surface area contributed by atoms with Gasteiger partial charge in [0.1, 0.15) is 5.49 Å². The van der Waals surface area contributed by atoms with Gasteiger partial charge in [0.2, 0.25) is 0 Å². The summed E-state index contributed by atoms with van der Waals surface area (Å²) >= 11 is 6.20. The van der Waals surface area contributed by atoms with Crippen LogP contribution in [0.2, 0.25) is 5.02 Å². The Morgan fingerprint density at radius 1 is 0.893 bits per heavy atom. The average Bonchev–Trinajstić information content (AvgIpc) is 3.21. The van der Waals surface area contributed by atoms with Crippen molar-refractivity contribution in [2.75, 3.05) is 0 Å². The van der Waals surface area contributed by atoms with Crippen molar-refractivity contribution in [3.05, 3.63) is 113 Å². The Morgan fingerprint density at radius 2 is 1.64 bits per heavy atom. The fourth-order valence-electron chi connectivity index (χ4n) is 2.85. The van der Waals surface area contributed by atoms with E-state index in [1.807, 2.05) is 77.5 Å². The van der Waals surface area contributed by atoms with E-state index in [-0.39, 0.29) is 5.69 Å². The summed E-state index contributed by atoms with van der Waals surface area (Å²) in [6.45, 7) is 0.627. The summed E-state index contributed by atoms with van der Waals surface area (Å²) in [5.74, 6) is -0.404. The third-order valence-electron chi connectivity index (χ3n) is 4.24. The molecule has 0 saturated carbocycles. The number of para-hydroxylation sites is 1. The van der Waals surface area contributed by atoms with Gasteiger partial charge in [-0.2, -0.15) is 10.1 Å². The summed E-state index contributed by atoms with van der Waals surface area (Å²) in [4.78, 5) is 16.9. The molecule has 0 aliphatic rings. The minimum absolute atomic E-state index is 0.259. The van der Waals surface area contributed by atoms with Gasteiger partial charge in [-0.05, 0) is 35.9 Å². The van der Waals surface area contributed by atoms with Crippen molar-refractivity contribution < 1.29 is 4.79 Å². The first-order valence-corrected chi connectivity index (χ1v) is 9.17. The molecule has 0 unspecified atom stereocenters. The fraction of sp³-hybridized carbons (Fsp3) is 0.0455. The van der Waals surface area contributed by atoms with E-state index >= 15 is 0 Å². The molecule has 0 aliphatic heterocycles. The molecule has 138 valence electrons. The van der Waals surface area contributed by atoms with E-state index in [1.54, 1.807) is 23.0 Å². The van der Waals surface area contributed by atoms with E-state index in [0.29, 0.717) is 22.7 Å². The lowest BCUT2D eigenvalue weighted by Crippen LogP contribution is -2.22. The standard InChI is InChI=1S/C22H17ClN4O/c23-18-10-4-5-11-20(18)27-15-13-19(25-27)22(28)24-21-12-6-7-14-26(21)16-17-8-2-1-3-9-17/h1-15H,16H2. The molecule has 0 bridgehead atoms. The molecular weight excluding hydrogens is 372 g/mol. The molecule has 0 N–H and O–H groups in total. The number of benzene rings is 2. The van der Waals surface area contributed by atoms with Crippen molar-refractivity contribution in [3.63, 3.8) is 0 Å². The van der Waals surface area contributed by atoms with Crippen LogP contribution in [0.3, 0.4) is 0 Å². The second-order valence-corrected chi connectivity index (χ2v) is 6.59. The van der Waals surface area contributed by atoms with Crippen LogP contribution in [0.5, 0.6) is 0 Å². The maximum atomic E-state index is 12.7. The molecule has 2 aromatic carbocycles. The number of hydrogen-bond acceptors (Lipinski definition) is 2. The molecule has 2 aromatic heterocycles. The zero-order valence-corrected chi connectivity index (χ0v) is 15.7. The van der Waals surface area contributed by atoms with Crippen LogP contribution in [0.25, 0.3) is 5.69 Å². The van der Waals surface area contributed by atoms with Gasteiger partial charge in [0, 0.05) is 18.9 Å². The summed E-state index contributed by atoms with van der Waals surface area (Å²) in [5, 5.41) is 4.89. The van der Waals surface area contributed by atoms with Crippen molar-refractivity contribution in [1.29, 1.82) is 0 Å². The Bertz CT molecular complexity index is 1180. The molecule has 0 aliphatic carbocycles. The van der Waals surface area contributed by atoms with E-state index in [4.69, 9.17) is 11.6 Å². The Balaban J connectivity index is 1.64. The number of aromatic nitrogens is 3. The molecule has 2 heterocycles. The van der Waals surface area contributed by atoms with Crippen LogP contribution in [0, 0.1) is 0 Å². The van der Waals surface area contributed by atoms with Gasteiger partial charge in [0.15, 0.2) is 5.69 Å². The van der Waals surface area contributed by atoms with E-state index in [1.165, 1.54) is 0 Å². The molecule has 1 amide bonds. The highest BCUT2D eigenvalue weighted by molar-refractivity contribution is 6.32. The number of carbonyl (C=O) groups excluding carboxylic acids is 1. The van der Waals surface area contributed by atoms with Crippen molar-refractivity contribution >= 4 is 17.5 Å². The number of rotatable bonds is 4. The molecule has 28 heavy (non-hydrogen) atoms. The quantitative estimate of drug-likeness (QED) is 0.528. The van der Waals surface area contributed by atoms with Gasteiger partial charge in [0.25, 0.3) is 5.91 Å². The maximum absolute atomic E-state index is 12.7. The number of pyridine rings is 1. The summed E-state index contributed by atoms with van der Waals surface area (Å²) in [5.41, 5.74) is 2.67. The number of halogens is 1. The zero-order valence-electron chi connectivity index (χ0n) is 14.9. The molecule has 0 saturated heterocycles. The SMILES string of the molecule is O=C(N=c1ccccn1Cc1ccccc1)c1ccn(-c2ccccc2Cl)n1. The second kappa shape index (κ2) is 8.06. The Kier molecular flexibility index (Phi) is 5.17. The lowest BCUT2D eigenvalue weighted by molar-refractivity contribution is 0.0992. The Morgan fingerprint density at radius 3 is 2.46 bits per heavy atom. The predicted molar refractivity (Wildman–Crippen MR) is 108 cm³/mol. The summed E-state index contributed by atoms with van der Waals surface area (Å²) in [7, 11) is 0. The first-order chi connectivity index (χ1) is 13.7. The summed E-state index contributed by atoms with van der Waals surface area (Å²) in [6, 6.07) is 24.6. The highest BCUT2D eigenvalue weighted by Crippen LogP contribution is 2.19. The third kappa shape index (κ3) is 3.94. The van der Waals surface area contributed by atoms with Gasteiger partial charge < -0.3 is 4.57 Å². The van der Waals surface area contributed by atoms with Gasteiger partial charge >= 0.3 is 0 Å². The van der Waals surface area contributed by atoms with Crippen LogP contribution < -0.4 is 5.49 Å². The van der Waals surface area contributed by atoms with Gasteiger partial charge in [-0.15, -0.1) is 0 Å². The topological polar surface area (TPSA) is 52.2 Å². The minimum atomic E-state index is -0.404. The molecular formula is C22H17ClN4O. The van der Waals surface area contributed by atoms with E-state index in [2.05, 4.69) is 10.1 Å².